The fraction of sp³-hybridized carbons (Fsp3) is 0.688. The van der Waals surface area contributed by atoms with Crippen LogP contribution < -0.4 is 5.73 Å². The van der Waals surface area contributed by atoms with E-state index in [4.69, 9.17) is 5.73 Å². The van der Waals surface area contributed by atoms with Crippen LogP contribution in [0.5, 0.6) is 0 Å². The van der Waals surface area contributed by atoms with Gasteiger partial charge in [-0.25, -0.2) is 0 Å². The Kier molecular flexibility index (Phi) is 3.96. The summed E-state index contributed by atoms with van der Waals surface area (Å²) < 4.78 is 2.23. The lowest BCUT2D eigenvalue weighted by atomic mass is 9.90. The summed E-state index contributed by atoms with van der Waals surface area (Å²) in [5.41, 5.74) is 8.98. The van der Waals surface area contributed by atoms with Gasteiger partial charge in [-0.2, -0.15) is 0 Å². The molecule has 2 heterocycles. The quantitative estimate of drug-likeness (QED) is 0.923. The van der Waals surface area contributed by atoms with Gasteiger partial charge in [0.2, 0.25) is 0 Å². The van der Waals surface area contributed by atoms with Crippen LogP contribution in [0, 0.1) is 19.3 Å². The van der Waals surface area contributed by atoms with Gasteiger partial charge in [-0.05, 0) is 52.1 Å². The number of hydrogen-bond donors (Lipinski definition) is 1. The van der Waals surface area contributed by atoms with Crippen LogP contribution in [-0.4, -0.2) is 35.0 Å². The minimum absolute atomic E-state index is 0.0826. The number of nitrogens with zero attached hydrogens (tertiary/aromatic N) is 2. The SMILES string of the molecule is Cc1cc(C(=O)N2CCC(C)(CN)C2)c(C)n1C(C)C. The standard InChI is InChI=1S/C16H27N3O/c1-11(2)19-12(3)8-14(13(19)4)15(20)18-7-6-16(5,9-17)10-18/h8,11H,6-7,9-10,17H2,1-5H3. The highest BCUT2D eigenvalue weighted by Crippen LogP contribution is 2.30. The van der Waals surface area contributed by atoms with Crippen molar-refractivity contribution in [1.82, 2.24) is 9.47 Å². The zero-order valence-electron chi connectivity index (χ0n) is 13.4. The molecule has 1 fully saturated rings. The minimum Gasteiger partial charge on any atom is -0.346 e. The first-order chi connectivity index (χ1) is 9.29. The maximum absolute atomic E-state index is 12.7. The van der Waals surface area contributed by atoms with Gasteiger partial charge in [-0.15, -0.1) is 0 Å². The Morgan fingerprint density at radius 1 is 1.45 bits per heavy atom. The number of carbonyl (C=O) groups excluding carboxylic acids is 1. The van der Waals surface area contributed by atoms with Gasteiger partial charge in [0.25, 0.3) is 5.91 Å². The van der Waals surface area contributed by atoms with Gasteiger partial charge >= 0.3 is 0 Å². The number of aryl methyl sites for hydroxylation is 1. The molecule has 0 radical (unpaired) electrons. The summed E-state index contributed by atoms with van der Waals surface area (Å²) in [6.07, 6.45) is 0.998. The summed E-state index contributed by atoms with van der Waals surface area (Å²) in [4.78, 5) is 14.7. The second-order valence-electron chi connectivity index (χ2n) is 6.74. The molecule has 4 heteroatoms. The molecule has 1 atom stereocenters. The number of rotatable bonds is 3. The van der Waals surface area contributed by atoms with Gasteiger partial charge < -0.3 is 15.2 Å². The van der Waals surface area contributed by atoms with Crippen molar-refractivity contribution in [3.05, 3.63) is 23.0 Å². The molecule has 0 aliphatic carbocycles. The first-order valence-corrected chi connectivity index (χ1v) is 7.47. The zero-order valence-corrected chi connectivity index (χ0v) is 13.4. The smallest absolute Gasteiger partial charge is 0.255 e. The van der Waals surface area contributed by atoms with E-state index in [2.05, 4.69) is 32.3 Å². The Bertz CT molecular complexity index is 518. The third-order valence-corrected chi connectivity index (χ3v) is 4.57. The van der Waals surface area contributed by atoms with Gasteiger partial charge in [-0.3, -0.25) is 4.79 Å². The molecular weight excluding hydrogens is 250 g/mol. The molecule has 1 aliphatic heterocycles. The first-order valence-electron chi connectivity index (χ1n) is 7.47. The molecule has 4 nitrogen and oxygen atoms in total. The molecule has 0 spiro atoms. The van der Waals surface area contributed by atoms with E-state index in [1.807, 2.05) is 17.9 Å². The lowest BCUT2D eigenvalue weighted by Gasteiger charge is -2.22. The predicted molar refractivity (Wildman–Crippen MR) is 82.0 cm³/mol. The maximum atomic E-state index is 12.7. The third-order valence-electron chi connectivity index (χ3n) is 4.57. The predicted octanol–water partition coefficient (Wildman–Crippen LogP) is 2.50. The van der Waals surface area contributed by atoms with Crippen LogP contribution in [0.3, 0.4) is 0 Å². The Hall–Kier alpha value is -1.29. The zero-order chi connectivity index (χ0) is 15.1. The molecule has 20 heavy (non-hydrogen) atoms. The van der Waals surface area contributed by atoms with E-state index >= 15 is 0 Å². The highest BCUT2D eigenvalue weighted by Gasteiger charge is 2.36. The topological polar surface area (TPSA) is 51.3 Å². The van der Waals surface area contributed by atoms with Crippen molar-refractivity contribution in [2.24, 2.45) is 11.1 Å². The van der Waals surface area contributed by atoms with Crippen LogP contribution in [0.2, 0.25) is 0 Å². The summed E-state index contributed by atoms with van der Waals surface area (Å²) in [6.45, 7) is 12.8. The van der Waals surface area contributed by atoms with E-state index in [-0.39, 0.29) is 11.3 Å². The largest absolute Gasteiger partial charge is 0.346 e. The summed E-state index contributed by atoms with van der Waals surface area (Å²) in [5, 5.41) is 0. The summed E-state index contributed by atoms with van der Waals surface area (Å²) in [7, 11) is 0. The minimum atomic E-state index is 0.0826. The molecule has 1 unspecified atom stereocenters. The highest BCUT2D eigenvalue weighted by atomic mass is 16.2. The van der Waals surface area contributed by atoms with E-state index in [9.17, 15) is 4.79 Å². The van der Waals surface area contributed by atoms with Gasteiger partial charge in [-0.1, -0.05) is 6.92 Å². The molecule has 0 saturated carbocycles. The molecule has 2 N–H and O–H groups in total. The second-order valence-corrected chi connectivity index (χ2v) is 6.74. The lowest BCUT2D eigenvalue weighted by Crippen LogP contribution is -2.34. The molecule has 1 aromatic rings. The monoisotopic (exact) mass is 277 g/mol. The fourth-order valence-corrected chi connectivity index (χ4v) is 3.32. The average molecular weight is 277 g/mol. The molecule has 112 valence electrons. The molecule has 1 saturated heterocycles. The fourth-order valence-electron chi connectivity index (χ4n) is 3.32. The van der Waals surface area contributed by atoms with E-state index in [0.717, 1.165) is 36.5 Å². The van der Waals surface area contributed by atoms with Crippen molar-refractivity contribution < 1.29 is 4.79 Å². The Morgan fingerprint density at radius 2 is 2.10 bits per heavy atom. The summed E-state index contributed by atoms with van der Waals surface area (Å²) >= 11 is 0. The van der Waals surface area contributed by atoms with Crippen molar-refractivity contribution in [3.63, 3.8) is 0 Å². The molecule has 0 bridgehead atoms. The van der Waals surface area contributed by atoms with Crippen molar-refractivity contribution in [1.29, 1.82) is 0 Å². The molecule has 0 aromatic carbocycles. The molecular formula is C16H27N3O. The van der Waals surface area contributed by atoms with Crippen LogP contribution in [0.25, 0.3) is 0 Å². The van der Waals surface area contributed by atoms with Crippen molar-refractivity contribution in [2.45, 2.75) is 47.1 Å². The summed E-state index contributed by atoms with van der Waals surface area (Å²) in [5.74, 6) is 0.155. The molecule has 1 aliphatic rings. The van der Waals surface area contributed by atoms with Gasteiger partial charge in [0.05, 0.1) is 5.56 Å². The number of nitrogens with two attached hydrogens (primary N) is 1. The van der Waals surface area contributed by atoms with Crippen LogP contribution in [0.15, 0.2) is 6.07 Å². The van der Waals surface area contributed by atoms with Crippen molar-refractivity contribution in [3.8, 4) is 0 Å². The second kappa shape index (κ2) is 5.24. The highest BCUT2D eigenvalue weighted by molar-refractivity contribution is 5.96. The lowest BCUT2D eigenvalue weighted by molar-refractivity contribution is 0.0776. The van der Waals surface area contributed by atoms with Crippen LogP contribution in [0.1, 0.15) is 55.0 Å². The molecule has 2 rings (SSSR count). The number of amides is 1. The maximum Gasteiger partial charge on any atom is 0.255 e. The third kappa shape index (κ3) is 2.49. The van der Waals surface area contributed by atoms with E-state index < -0.39 is 0 Å². The van der Waals surface area contributed by atoms with E-state index in [1.54, 1.807) is 0 Å². The Morgan fingerprint density at radius 3 is 2.55 bits per heavy atom. The normalized spacial score (nSPS) is 22.9. The number of hydrogen-bond acceptors (Lipinski definition) is 2. The van der Waals surface area contributed by atoms with E-state index in [0.29, 0.717) is 12.6 Å². The van der Waals surface area contributed by atoms with Crippen LogP contribution >= 0.6 is 0 Å². The van der Waals surface area contributed by atoms with Crippen LogP contribution in [0.4, 0.5) is 0 Å². The van der Waals surface area contributed by atoms with Crippen LogP contribution in [-0.2, 0) is 0 Å². The number of aromatic nitrogens is 1. The van der Waals surface area contributed by atoms with Crippen molar-refractivity contribution in [2.75, 3.05) is 19.6 Å². The van der Waals surface area contributed by atoms with Gasteiger partial charge in [0, 0.05) is 30.5 Å². The molecule has 1 aromatic heterocycles. The summed E-state index contributed by atoms with van der Waals surface area (Å²) in [6, 6.07) is 2.40. The molecule has 1 amide bonds. The van der Waals surface area contributed by atoms with Crippen molar-refractivity contribution >= 4 is 5.91 Å². The number of likely N-dealkylation sites (tertiary alicyclic amines) is 1. The number of carbonyl (C=O) groups is 1. The van der Waals surface area contributed by atoms with E-state index in [1.165, 1.54) is 0 Å². The first kappa shape index (κ1) is 15.1. The average Bonchev–Trinajstić information content (AvgIpc) is 2.90. The Labute approximate surface area is 121 Å². The Balaban J connectivity index is 2.25. The van der Waals surface area contributed by atoms with Gasteiger partial charge in [0.15, 0.2) is 0 Å². The van der Waals surface area contributed by atoms with Gasteiger partial charge in [0.1, 0.15) is 0 Å².